The van der Waals surface area contributed by atoms with Crippen molar-refractivity contribution in [3.05, 3.63) is 22.4 Å². The molecule has 1 aromatic rings. The number of rotatable bonds is 3. The van der Waals surface area contributed by atoms with Crippen molar-refractivity contribution in [1.82, 2.24) is 9.88 Å². The Balaban J connectivity index is 2.19. The summed E-state index contributed by atoms with van der Waals surface area (Å²) in [7, 11) is 1.76. The SMILES string of the molecule is CC1CCC(NC(=O)c2cc(Br)cn2C)(C(=O)O)CC1. The molecule has 0 bridgehead atoms. The third-order valence-corrected chi connectivity index (χ3v) is 4.53. The van der Waals surface area contributed by atoms with Crippen LogP contribution in [0, 0.1) is 5.92 Å². The molecule has 1 aromatic heterocycles. The van der Waals surface area contributed by atoms with Crippen molar-refractivity contribution in [3.63, 3.8) is 0 Å². The van der Waals surface area contributed by atoms with Crippen LogP contribution < -0.4 is 5.32 Å². The molecule has 0 atom stereocenters. The fraction of sp³-hybridized carbons (Fsp3) is 0.571. The zero-order valence-corrected chi connectivity index (χ0v) is 13.2. The van der Waals surface area contributed by atoms with Crippen LogP contribution in [0.4, 0.5) is 0 Å². The maximum Gasteiger partial charge on any atom is 0.329 e. The van der Waals surface area contributed by atoms with Crippen molar-refractivity contribution in [1.29, 1.82) is 0 Å². The predicted molar refractivity (Wildman–Crippen MR) is 78.6 cm³/mol. The number of aromatic nitrogens is 1. The van der Waals surface area contributed by atoms with E-state index in [-0.39, 0.29) is 5.91 Å². The number of carboxylic acid groups (broad SMARTS) is 1. The van der Waals surface area contributed by atoms with Gasteiger partial charge < -0.3 is 15.0 Å². The lowest BCUT2D eigenvalue weighted by Gasteiger charge is -2.36. The van der Waals surface area contributed by atoms with Crippen LogP contribution in [-0.4, -0.2) is 27.1 Å². The average molecular weight is 343 g/mol. The van der Waals surface area contributed by atoms with Crippen LogP contribution in [0.15, 0.2) is 16.7 Å². The molecular formula is C14H19BrN2O3. The molecule has 1 heterocycles. The highest BCUT2D eigenvalue weighted by atomic mass is 79.9. The maximum atomic E-state index is 12.3. The molecule has 1 aliphatic rings. The molecule has 1 fully saturated rings. The van der Waals surface area contributed by atoms with Crippen molar-refractivity contribution in [2.75, 3.05) is 0 Å². The summed E-state index contributed by atoms with van der Waals surface area (Å²) in [6.07, 6.45) is 4.39. The Labute approximate surface area is 126 Å². The van der Waals surface area contributed by atoms with Gasteiger partial charge in [0.2, 0.25) is 0 Å². The molecule has 20 heavy (non-hydrogen) atoms. The zero-order chi connectivity index (χ0) is 14.9. The maximum absolute atomic E-state index is 12.3. The summed E-state index contributed by atoms with van der Waals surface area (Å²) in [6.45, 7) is 2.11. The largest absolute Gasteiger partial charge is 0.480 e. The predicted octanol–water partition coefficient (Wildman–Crippen LogP) is 2.55. The first-order valence-corrected chi connectivity index (χ1v) is 7.51. The molecule has 0 aliphatic heterocycles. The van der Waals surface area contributed by atoms with Crippen molar-refractivity contribution < 1.29 is 14.7 Å². The second kappa shape index (κ2) is 5.60. The summed E-state index contributed by atoms with van der Waals surface area (Å²) in [6, 6.07) is 1.69. The first-order valence-electron chi connectivity index (χ1n) is 6.72. The molecule has 6 heteroatoms. The number of amides is 1. The van der Waals surface area contributed by atoms with Crippen molar-refractivity contribution in [2.24, 2.45) is 13.0 Å². The molecule has 0 radical (unpaired) electrons. The van der Waals surface area contributed by atoms with Gasteiger partial charge in [0.25, 0.3) is 5.91 Å². The number of nitrogens with one attached hydrogen (secondary N) is 1. The Morgan fingerprint density at radius 2 is 2.05 bits per heavy atom. The number of hydrogen-bond donors (Lipinski definition) is 2. The molecule has 1 saturated carbocycles. The van der Waals surface area contributed by atoms with E-state index in [1.165, 1.54) is 0 Å². The number of carbonyl (C=O) groups excluding carboxylic acids is 1. The zero-order valence-electron chi connectivity index (χ0n) is 11.6. The summed E-state index contributed by atoms with van der Waals surface area (Å²) >= 11 is 3.31. The third kappa shape index (κ3) is 2.90. The number of hydrogen-bond acceptors (Lipinski definition) is 2. The van der Waals surface area contributed by atoms with E-state index in [1.807, 2.05) is 0 Å². The molecule has 0 spiro atoms. The van der Waals surface area contributed by atoms with Gasteiger partial charge in [-0.1, -0.05) is 6.92 Å². The first-order chi connectivity index (χ1) is 9.34. The standard InChI is InChI=1S/C14H19BrN2O3/c1-9-3-5-14(6-4-9,13(19)20)16-12(18)11-7-10(15)8-17(11)2/h7-9H,3-6H2,1-2H3,(H,16,18)(H,19,20). The van der Waals surface area contributed by atoms with Gasteiger partial charge in [0.05, 0.1) is 0 Å². The van der Waals surface area contributed by atoms with E-state index in [0.29, 0.717) is 24.5 Å². The van der Waals surface area contributed by atoms with E-state index in [4.69, 9.17) is 0 Å². The van der Waals surface area contributed by atoms with Crippen LogP contribution in [0.25, 0.3) is 0 Å². The van der Waals surface area contributed by atoms with Gasteiger partial charge in [-0.15, -0.1) is 0 Å². The van der Waals surface area contributed by atoms with Gasteiger partial charge in [0.1, 0.15) is 11.2 Å². The van der Waals surface area contributed by atoms with Crippen molar-refractivity contribution in [2.45, 2.75) is 38.1 Å². The molecule has 0 saturated heterocycles. The monoisotopic (exact) mass is 342 g/mol. The topological polar surface area (TPSA) is 71.3 Å². The van der Waals surface area contributed by atoms with Crippen molar-refractivity contribution in [3.8, 4) is 0 Å². The van der Waals surface area contributed by atoms with Gasteiger partial charge in [-0.25, -0.2) is 4.79 Å². The number of halogens is 1. The Bertz CT molecular complexity index is 531. The highest BCUT2D eigenvalue weighted by Gasteiger charge is 2.42. The van der Waals surface area contributed by atoms with Gasteiger partial charge in [0, 0.05) is 17.7 Å². The van der Waals surface area contributed by atoms with E-state index >= 15 is 0 Å². The molecule has 1 amide bonds. The number of aryl methyl sites for hydroxylation is 1. The Morgan fingerprint density at radius 1 is 1.45 bits per heavy atom. The third-order valence-electron chi connectivity index (χ3n) is 4.09. The van der Waals surface area contributed by atoms with E-state index in [1.54, 1.807) is 23.9 Å². The molecule has 2 N–H and O–H groups in total. The molecule has 5 nitrogen and oxygen atoms in total. The van der Waals surface area contributed by atoms with Crippen LogP contribution in [0.1, 0.15) is 43.1 Å². The molecular weight excluding hydrogens is 324 g/mol. The first kappa shape index (κ1) is 15.1. The van der Waals surface area contributed by atoms with E-state index in [0.717, 1.165) is 17.3 Å². The number of carbonyl (C=O) groups is 2. The lowest BCUT2D eigenvalue weighted by atomic mass is 9.77. The van der Waals surface area contributed by atoms with Crippen LogP contribution in [0.2, 0.25) is 0 Å². The lowest BCUT2D eigenvalue weighted by molar-refractivity contribution is -0.146. The van der Waals surface area contributed by atoms with Crippen molar-refractivity contribution >= 4 is 27.8 Å². The van der Waals surface area contributed by atoms with Crippen LogP contribution in [0.5, 0.6) is 0 Å². The number of carboxylic acids is 1. The Morgan fingerprint density at radius 3 is 2.50 bits per heavy atom. The minimum atomic E-state index is -1.12. The second-order valence-electron chi connectivity index (χ2n) is 5.68. The van der Waals surface area contributed by atoms with Crippen LogP contribution in [0.3, 0.4) is 0 Å². The minimum Gasteiger partial charge on any atom is -0.480 e. The Hall–Kier alpha value is -1.30. The fourth-order valence-corrected chi connectivity index (χ4v) is 3.20. The summed E-state index contributed by atoms with van der Waals surface area (Å²) in [4.78, 5) is 23.9. The summed E-state index contributed by atoms with van der Waals surface area (Å²) in [5.74, 6) is -0.760. The molecule has 1 aliphatic carbocycles. The van der Waals surface area contributed by atoms with Gasteiger partial charge in [-0.2, -0.15) is 0 Å². The smallest absolute Gasteiger partial charge is 0.329 e. The summed E-state index contributed by atoms with van der Waals surface area (Å²) in [5.41, 5.74) is -0.670. The molecule has 0 unspecified atom stereocenters. The summed E-state index contributed by atoms with van der Waals surface area (Å²) in [5, 5.41) is 12.3. The average Bonchev–Trinajstić information content (AvgIpc) is 2.71. The highest BCUT2D eigenvalue weighted by Crippen LogP contribution is 2.32. The fourth-order valence-electron chi connectivity index (χ4n) is 2.68. The van der Waals surface area contributed by atoms with Gasteiger partial charge in [-0.05, 0) is 53.6 Å². The number of nitrogens with zero attached hydrogens (tertiary/aromatic N) is 1. The van der Waals surface area contributed by atoms with E-state index < -0.39 is 11.5 Å². The van der Waals surface area contributed by atoms with Gasteiger partial charge in [-0.3, -0.25) is 4.79 Å². The lowest BCUT2D eigenvalue weighted by Crippen LogP contribution is -2.56. The van der Waals surface area contributed by atoms with Gasteiger partial charge in [0.15, 0.2) is 0 Å². The molecule has 0 aromatic carbocycles. The second-order valence-corrected chi connectivity index (χ2v) is 6.59. The highest BCUT2D eigenvalue weighted by molar-refractivity contribution is 9.10. The minimum absolute atomic E-state index is 0.338. The molecule has 2 rings (SSSR count). The van der Waals surface area contributed by atoms with E-state index in [2.05, 4.69) is 28.2 Å². The van der Waals surface area contributed by atoms with E-state index in [9.17, 15) is 14.7 Å². The summed E-state index contributed by atoms with van der Waals surface area (Å²) < 4.78 is 2.48. The van der Waals surface area contributed by atoms with Crippen LogP contribution in [-0.2, 0) is 11.8 Å². The molecule has 110 valence electrons. The quantitative estimate of drug-likeness (QED) is 0.886. The van der Waals surface area contributed by atoms with Gasteiger partial charge >= 0.3 is 5.97 Å². The van der Waals surface area contributed by atoms with Crippen LogP contribution >= 0.6 is 15.9 Å². The number of aliphatic carboxylic acids is 1. The normalized spacial score (nSPS) is 26.2. The Kier molecular flexibility index (Phi) is 4.22.